The van der Waals surface area contributed by atoms with Crippen molar-refractivity contribution >= 4 is 5.91 Å². The van der Waals surface area contributed by atoms with E-state index < -0.39 is 6.04 Å². The molecule has 0 spiro atoms. The summed E-state index contributed by atoms with van der Waals surface area (Å²) in [6.45, 7) is 4.95. The molecule has 2 saturated heterocycles. The molecule has 0 aliphatic carbocycles. The quantitative estimate of drug-likeness (QED) is 0.774. The van der Waals surface area contributed by atoms with Gasteiger partial charge in [0.25, 0.3) is 5.56 Å². The molecule has 3 atom stereocenters. The van der Waals surface area contributed by atoms with E-state index >= 15 is 0 Å². The Bertz CT molecular complexity index is 1010. The summed E-state index contributed by atoms with van der Waals surface area (Å²) in [6, 6.07) is 7.42. The molecule has 170 valence electrons. The fourth-order valence-electron chi connectivity index (χ4n) is 5.74. The van der Waals surface area contributed by atoms with Gasteiger partial charge in [0.05, 0.1) is 6.04 Å². The van der Waals surface area contributed by atoms with Gasteiger partial charge in [0.2, 0.25) is 5.91 Å². The number of hydrogen-bond donors (Lipinski definition) is 1. The molecule has 2 bridgehead atoms. The summed E-state index contributed by atoms with van der Waals surface area (Å²) in [5, 5.41) is 0. The molecule has 32 heavy (non-hydrogen) atoms. The summed E-state index contributed by atoms with van der Waals surface area (Å²) in [5.41, 5.74) is 9.46. The lowest BCUT2D eigenvalue weighted by atomic mass is 9.82. The topological polar surface area (TPSA) is 84.5 Å². The van der Waals surface area contributed by atoms with Crippen molar-refractivity contribution in [3.05, 3.63) is 63.8 Å². The first-order valence-electron chi connectivity index (χ1n) is 12.0. The van der Waals surface area contributed by atoms with Crippen LogP contribution in [0, 0.1) is 5.92 Å². The SMILES string of the molecule is N[C@H](Cc1ccncc1)C(=O)N1C[C@@H]2C[C@H](C1)c1ccc(CN3CCCCC3)c(=O)n1C2. The van der Waals surface area contributed by atoms with Gasteiger partial charge in [-0.05, 0) is 68.5 Å². The van der Waals surface area contributed by atoms with E-state index in [0.717, 1.165) is 42.9 Å². The molecule has 0 unspecified atom stereocenters. The number of pyridine rings is 2. The highest BCUT2D eigenvalue weighted by Gasteiger charge is 2.37. The zero-order chi connectivity index (χ0) is 22.1. The standard InChI is InChI=1S/C25H33N5O2/c26-22(13-18-6-8-27-9-7-18)25(32)29-14-19-12-21(17-29)23-5-4-20(24(31)30(23)15-19)16-28-10-2-1-3-11-28/h4-9,19,21-22H,1-3,10-17,26H2/t19-,21+,22+/m0/s1. The molecule has 2 fully saturated rings. The van der Waals surface area contributed by atoms with Crippen molar-refractivity contribution in [1.82, 2.24) is 19.4 Å². The molecule has 5 heterocycles. The summed E-state index contributed by atoms with van der Waals surface area (Å²) in [5.74, 6) is 0.520. The van der Waals surface area contributed by atoms with E-state index in [1.165, 1.54) is 19.3 Å². The molecule has 5 rings (SSSR count). The van der Waals surface area contributed by atoms with Crippen molar-refractivity contribution in [2.45, 2.75) is 57.2 Å². The van der Waals surface area contributed by atoms with Crippen LogP contribution in [0.25, 0.3) is 0 Å². The van der Waals surface area contributed by atoms with Crippen molar-refractivity contribution in [3.8, 4) is 0 Å². The number of fused-ring (bicyclic) bond motifs is 4. The molecule has 0 radical (unpaired) electrons. The number of aromatic nitrogens is 2. The number of nitrogens with zero attached hydrogens (tertiary/aromatic N) is 4. The van der Waals surface area contributed by atoms with E-state index in [4.69, 9.17) is 5.73 Å². The molecular formula is C25H33N5O2. The molecule has 1 amide bonds. The van der Waals surface area contributed by atoms with Crippen LogP contribution in [0.1, 0.15) is 48.4 Å². The van der Waals surface area contributed by atoms with Gasteiger partial charge in [-0.3, -0.25) is 19.5 Å². The van der Waals surface area contributed by atoms with Crippen LogP contribution in [0.15, 0.2) is 41.5 Å². The van der Waals surface area contributed by atoms with Gasteiger partial charge in [-0.2, -0.15) is 0 Å². The Kier molecular flexibility index (Phi) is 6.11. The van der Waals surface area contributed by atoms with Crippen LogP contribution in [-0.4, -0.2) is 57.5 Å². The monoisotopic (exact) mass is 435 g/mol. The average molecular weight is 436 g/mol. The zero-order valence-electron chi connectivity index (χ0n) is 18.7. The maximum Gasteiger partial charge on any atom is 0.255 e. The van der Waals surface area contributed by atoms with Gasteiger partial charge in [0.1, 0.15) is 0 Å². The normalized spacial score (nSPS) is 24.1. The van der Waals surface area contributed by atoms with E-state index in [1.54, 1.807) is 12.4 Å². The number of nitrogens with two attached hydrogens (primary N) is 1. The van der Waals surface area contributed by atoms with Crippen molar-refractivity contribution in [3.63, 3.8) is 0 Å². The highest BCUT2D eigenvalue weighted by molar-refractivity contribution is 5.82. The smallest absolute Gasteiger partial charge is 0.255 e. The Balaban J connectivity index is 1.29. The zero-order valence-corrected chi connectivity index (χ0v) is 18.7. The second-order valence-electron chi connectivity index (χ2n) is 9.74. The fourth-order valence-corrected chi connectivity index (χ4v) is 5.74. The lowest BCUT2D eigenvalue weighted by Gasteiger charge is -2.43. The number of rotatable bonds is 5. The summed E-state index contributed by atoms with van der Waals surface area (Å²) in [7, 11) is 0. The van der Waals surface area contributed by atoms with Crippen LogP contribution in [0.4, 0.5) is 0 Å². The van der Waals surface area contributed by atoms with Crippen LogP contribution in [0.5, 0.6) is 0 Å². The summed E-state index contributed by atoms with van der Waals surface area (Å²) < 4.78 is 2.00. The molecule has 7 nitrogen and oxygen atoms in total. The molecule has 3 aliphatic heterocycles. The summed E-state index contributed by atoms with van der Waals surface area (Å²) in [6.07, 6.45) is 8.76. The number of carbonyl (C=O) groups is 1. The van der Waals surface area contributed by atoms with E-state index in [0.29, 0.717) is 32.0 Å². The second kappa shape index (κ2) is 9.16. The molecule has 2 N–H and O–H groups in total. The molecule has 0 aromatic carbocycles. The number of amides is 1. The predicted octanol–water partition coefficient (Wildman–Crippen LogP) is 1.74. The highest BCUT2D eigenvalue weighted by Crippen LogP contribution is 2.35. The van der Waals surface area contributed by atoms with Gasteiger partial charge >= 0.3 is 0 Å². The van der Waals surface area contributed by atoms with E-state index in [-0.39, 0.29) is 17.4 Å². The molecule has 7 heteroatoms. The van der Waals surface area contributed by atoms with Crippen LogP contribution >= 0.6 is 0 Å². The molecule has 2 aromatic heterocycles. The van der Waals surface area contributed by atoms with Gasteiger partial charge in [-0.15, -0.1) is 0 Å². The van der Waals surface area contributed by atoms with Crippen LogP contribution in [-0.2, 0) is 24.3 Å². The lowest BCUT2D eigenvalue weighted by Crippen LogP contribution is -2.53. The Labute approximate surface area is 189 Å². The average Bonchev–Trinajstić information content (AvgIpc) is 2.82. The van der Waals surface area contributed by atoms with E-state index in [1.807, 2.05) is 27.7 Å². The van der Waals surface area contributed by atoms with Crippen molar-refractivity contribution in [2.24, 2.45) is 11.7 Å². The third kappa shape index (κ3) is 4.36. The van der Waals surface area contributed by atoms with E-state index in [9.17, 15) is 9.59 Å². The maximum absolute atomic E-state index is 13.3. The van der Waals surface area contributed by atoms with E-state index in [2.05, 4.69) is 16.0 Å². The van der Waals surface area contributed by atoms with Crippen molar-refractivity contribution in [1.29, 1.82) is 0 Å². The molecule has 3 aliphatic rings. The van der Waals surface area contributed by atoms with Crippen molar-refractivity contribution < 1.29 is 4.79 Å². The minimum Gasteiger partial charge on any atom is -0.340 e. The Morgan fingerprint density at radius 2 is 1.84 bits per heavy atom. The predicted molar refractivity (Wildman–Crippen MR) is 123 cm³/mol. The van der Waals surface area contributed by atoms with Gasteiger partial charge in [0, 0.05) is 55.7 Å². The first-order valence-corrected chi connectivity index (χ1v) is 12.0. The fraction of sp³-hybridized carbons (Fsp3) is 0.560. The number of piperidine rings is 2. The highest BCUT2D eigenvalue weighted by atomic mass is 16.2. The maximum atomic E-state index is 13.3. The molecule has 0 saturated carbocycles. The minimum atomic E-state index is -0.551. The van der Waals surface area contributed by atoms with Gasteiger partial charge in [0.15, 0.2) is 0 Å². The first kappa shape index (κ1) is 21.3. The van der Waals surface area contributed by atoms with Gasteiger partial charge < -0.3 is 15.2 Å². The van der Waals surface area contributed by atoms with Crippen molar-refractivity contribution in [2.75, 3.05) is 26.2 Å². The van der Waals surface area contributed by atoms with Gasteiger partial charge in [-0.1, -0.05) is 12.5 Å². The molecule has 2 aromatic rings. The number of hydrogen-bond acceptors (Lipinski definition) is 5. The summed E-state index contributed by atoms with van der Waals surface area (Å²) >= 11 is 0. The van der Waals surface area contributed by atoms with Crippen LogP contribution in [0.2, 0.25) is 0 Å². The lowest BCUT2D eigenvalue weighted by molar-refractivity contribution is -0.135. The Hall–Kier alpha value is -2.51. The summed E-state index contributed by atoms with van der Waals surface area (Å²) in [4.78, 5) is 34.7. The second-order valence-corrected chi connectivity index (χ2v) is 9.74. The number of likely N-dealkylation sites (tertiary alicyclic amines) is 2. The third-order valence-electron chi connectivity index (χ3n) is 7.36. The Morgan fingerprint density at radius 1 is 1.06 bits per heavy atom. The first-order chi connectivity index (χ1) is 15.6. The Morgan fingerprint density at radius 3 is 2.62 bits per heavy atom. The third-order valence-corrected chi connectivity index (χ3v) is 7.36. The largest absolute Gasteiger partial charge is 0.340 e. The number of carbonyl (C=O) groups excluding carboxylic acids is 1. The van der Waals surface area contributed by atoms with Crippen LogP contribution in [0.3, 0.4) is 0 Å². The van der Waals surface area contributed by atoms with Gasteiger partial charge in [-0.25, -0.2) is 0 Å². The van der Waals surface area contributed by atoms with Crippen LogP contribution < -0.4 is 11.3 Å². The minimum absolute atomic E-state index is 0.00836. The molecular weight excluding hydrogens is 402 g/mol.